The van der Waals surface area contributed by atoms with E-state index < -0.39 is 5.41 Å². The molecule has 0 aliphatic heterocycles. The zero-order valence-electron chi connectivity index (χ0n) is 13.8. The number of nitrogens with zero attached hydrogens (tertiary/aromatic N) is 1. The van der Waals surface area contributed by atoms with Crippen molar-refractivity contribution in [3.8, 4) is 23.3 Å². The SMILES string of the molecule is COc1cc(/C=C(\C#N)C(=O)C(C)(C)C)cc(OC)c1OC. The molecule has 0 aliphatic carbocycles. The maximum atomic E-state index is 12.3. The van der Waals surface area contributed by atoms with Crippen molar-refractivity contribution >= 4 is 11.9 Å². The van der Waals surface area contributed by atoms with E-state index in [2.05, 4.69) is 0 Å². The van der Waals surface area contributed by atoms with Crippen LogP contribution in [0.25, 0.3) is 6.08 Å². The van der Waals surface area contributed by atoms with Gasteiger partial charge >= 0.3 is 0 Å². The molecular formula is C17H21NO4. The van der Waals surface area contributed by atoms with E-state index in [1.54, 1.807) is 32.9 Å². The average molecular weight is 303 g/mol. The fourth-order valence-electron chi connectivity index (χ4n) is 1.90. The number of carbonyl (C=O) groups is 1. The van der Waals surface area contributed by atoms with Crippen LogP contribution in [-0.4, -0.2) is 27.1 Å². The number of benzene rings is 1. The smallest absolute Gasteiger partial charge is 0.203 e. The van der Waals surface area contributed by atoms with Gasteiger partial charge in [0.05, 0.1) is 26.9 Å². The van der Waals surface area contributed by atoms with Gasteiger partial charge in [-0.25, -0.2) is 0 Å². The molecule has 0 atom stereocenters. The highest BCUT2D eigenvalue weighted by Crippen LogP contribution is 2.38. The highest BCUT2D eigenvalue weighted by Gasteiger charge is 2.25. The number of ketones is 1. The van der Waals surface area contributed by atoms with Crippen molar-refractivity contribution in [3.63, 3.8) is 0 Å². The molecular weight excluding hydrogens is 282 g/mol. The molecule has 1 aromatic rings. The number of allylic oxidation sites excluding steroid dienone is 1. The van der Waals surface area contributed by atoms with Gasteiger partial charge < -0.3 is 14.2 Å². The van der Waals surface area contributed by atoms with Gasteiger partial charge in [-0.3, -0.25) is 4.79 Å². The van der Waals surface area contributed by atoms with Crippen LogP contribution in [0.4, 0.5) is 0 Å². The number of rotatable bonds is 5. The number of carbonyl (C=O) groups excluding carboxylic acids is 1. The van der Waals surface area contributed by atoms with E-state index in [9.17, 15) is 10.1 Å². The molecule has 22 heavy (non-hydrogen) atoms. The highest BCUT2D eigenvalue weighted by molar-refractivity contribution is 6.06. The Morgan fingerprint density at radius 1 is 1.09 bits per heavy atom. The Morgan fingerprint density at radius 2 is 1.59 bits per heavy atom. The van der Waals surface area contributed by atoms with Crippen molar-refractivity contribution < 1.29 is 19.0 Å². The Bertz CT molecular complexity index is 608. The lowest BCUT2D eigenvalue weighted by Crippen LogP contribution is -2.21. The topological polar surface area (TPSA) is 68.5 Å². The number of nitriles is 1. The minimum Gasteiger partial charge on any atom is -0.493 e. The molecule has 0 amide bonds. The van der Waals surface area contributed by atoms with E-state index in [-0.39, 0.29) is 11.4 Å². The van der Waals surface area contributed by atoms with E-state index in [4.69, 9.17) is 14.2 Å². The van der Waals surface area contributed by atoms with E-state index in [0.29, 0.717) is 22.8 Å². The second-order valence-corrected chi connectivity index (χ2v) is 5.71. The van der Waals surface area contributed by atoms with E-state index in [0.717, 1.165) is 0 Å². The van der Waals surface area contributed by atoms with E-state index in [1.165, 1.54) is 27.4 Å². The van der Waals surface area contributed by atoms with E-state index >= 15 is 0 Å². The standard InChI is InChI=1S/C17H21NO4/c1-17(2,3)16(19)12(10-18)7-11-8-13(20-4)15(22-6)14(9-11)21-5/h7-9H,1-6H3/b12-7+. The normalized spacial score (nSPS) is 11.6. The lowest BCUT2D eigenvalue weighted by Gasteiger charge is -2.16. The van der Waals surface area contributed by atoms with Crippen LogP contribution >= 0.6 is 0 Å². The molecule has 5 heteroatoms. The monoisotopic (exact) mass is 303 g/mol. The molecule has 0 bridgehead atoms. The average Bonchev–Trinajstić information content (AvgIpc) is 2.49. The number of ether oxygens (including phenoxy) is 3. The van der Waals surface area contributed by atoms with Crippen molar-refractivity contribution in [2.45, 2.75) is 20.8 Å². The first kappa shape index (κ1) is 17.6. The maximum absolute atomic E-state index is 12.3. The summed E-state index contributed by atoms with van der Waals surface area (Å²) in [6.45, 7) is 5.32. The summed E-state index contributed by atoms with van der Waals surface area (Å²) >= 11 is 0. The summed E-state index contributed by atoms with van der Waals surface area (Å²) in [6.07, 6.45) is 1.53. The van der Waals surface area contributed by atoms with Gasteiger partial charge in [-0.2, -0.15) is 5.26 Å². The van der Waals surface area contributed by atoms with Gasteiger partial charge in [-0.1, -0.05) is 20.8 Å². The summed E-state index contributed by atoms with van der Waals surface area (Å²) < 4.78 is 15.8. The summed E-state index contributed by atoms with van der Waals surface area (Å²) in [6, 6.07) is 5.34. The van der Waals surface area contributed by atoms with Crippen LogP contribution in [0.1, 0.15) is 26.3 Å². The first-order chi connectivity index (χ1) is 10.3. The molecule has 0 saturated heterocycles. The zero-order chi connectivity index (χ0) is 16.9. The number of hydrogen-bond acceptors (Lipinski definition) is 5. The van der Waals surface area contributed by atoms with Gasteiger partial charge in [-0.05, 0) is 23.8 Å². The van der Waals surface area contributed by atoms with Gasteiger partial charge in [0.15, 0.2) is 17.3 Å². The Labute approximate surface area is 131 Å². The van der Waals surface area contributed by atoms with Crippen LogP contribution in [0.3, 0.4) is 0 Å². The van der Waals surface area contributed by atoms with Crippen LogP contribution in [0.5, 0.6) is 17.2 Å². The number of methoxy groups -OCH3 is 3. The summed E-state index contributed by atoms with van der Waals surface area (Å²) in [5.74, 6) is 1.17. The molecule has 0 N–H and O–H groups in total. The molecule has 1 aromatic carbocycles. The molecule has 0 unspecified atom stereocenters. The summed E-state index contributed by atoms with van der Waals surface area (Å²) in [4.78, 5) is 12.3. The number of Topliss-reactive ketones (excluding diaryl/α,β-unsaturated/α-hetero) is 1. The van der Waals surface area contributed by atoms with Gasteiger partial charge in [0.25, 0.3) is 0 Å². The van der Waals surface area contributed by atoms with Crippen LogP contribution in [-0.2, 0) is 4.79 Å². The molecule has 5 nitrogen and oxygen atoms in total. The summed E-state index contributed by atoms with van der Waals surface area (Å²) in [7, 11) is 4.53. The van der Waals surface area contributed by atoms with Crippen LogP contribution in [0, 0.1) is 16.7 Å². The third-order valence-electron chi connectivity index (χ3n) is 3.04. The van der Waals surface area contributed by atoms with Crippen molar-refractivity contribution in [2.24, 2.45) is 5.41 Å². The molecule has 0 radical (unpaired) electrons. The fourth-order valence-corrected chi connectivity index (χ4v) is 1.90. The highest BCUT2D eigenvalue weighted by atomic mass is 16.5. The maximum Gasteiger partial charge on any atom is 0.203 e. The summed E-state index contributed by atoms with van der Waals surface area (Å²) in [5, 5.41) is 9.25. The minimum absolute atomic E-state index is 0.0850. The van der Waals surface area contributed by atoms with Crippen LogP contribution in [0.2, 0.25) is 0 Å². The van der Waals surface area contributed by atoms with Crippen molar-refractivity contribution in [1.82, 2.24) is 0 Å². The Kier molecular flexibility index (Phi) is 5.58. The predicted octanol–water partition coefficient (Wildman–Crippen LogP) is 3.23. The lowest BCUT2D eigenvalue weighted by atomic mass is 9.86. The Balaban J connectivity index is 3.41. The molecule has 0 aromatic heterocycles. The molecule has 0 fully saturated rings. The molecule has 1 rings (SSSR count). The fraction of sp³-hybridized carbons (Fsp3) is 0.412. The third kappa shape index (κ3) is 3.79. The zero-order valence-corrected chi connectivity index (χ0v) is 13.8. The quantitative estimate of drug-likeness (QED) is 0.617. The second-order valence-electron chi connectivity index (χ2n) is 5.71. The van der Waals surface area contributed by atoms with Crippen molar-refractivity contribution in [1.29, 1.82) is 5.26 Å². The van der Waals surface area contributed by atoms with Gasteiger partial charge in [0.2, 0.25) is 5.75 Å². The van der Waals surface area contributed by atoms with E-state index in [1.807, 2.05) is 6.07 Å². The predicted molar refractivity (Wildman–Crippen MR) is 84.2 cm³/mol. The minimum atomic E-state index is -0.623. The molecule has 118 valence electrons. The van der Waals surface area contributed by atoms with Gasteiger partial charge in [-0.15, -0.1) is 0 Å². The summed E-state index contributed by atoms with van der Waals surface area (Å²) in [5.41, 5.74) is 0.0905. The Hall–Kier alpha value is -2.48. The van der Waals surface area contributed by atoms with Crippen molar-refractivity contribution in [3.05, 3.63) is 23.3 Å². The first-order valence-electron chi connectivity index (χ1n) is 6.75. The second kappa shape index (κ2) is 6.99. The molecule has 0 saturated carbocycles. The third-order valence-corrected chi connectivity index (χ3v) is 3.04. The number of hydrogen-bond donors (Lipinski definition) is 0. The van der Waals surface area contributed by atoms with Crippen molar-refractivity contribution in [2.75, 3.05) is 21.3 Å². The molecule has 0 aliphatic rings. The van der Waals surface area contributed by atoms with Crippen LogP contribution in [0.15, 0.2) is 17.7 Å². The molecule has 0 heterocycles. The molecule has 0 spiro atoms. The Morgan fingerprint density at radius 3 is 1.91 bits per heavy atom. The first-order valence-corrected chi connectivity index (χ1v) is 6.75. The van der Waals surface area contributed by atoms with Gasteiger partial charge in [0, 0.05) is 5.41 Å². The largest absolute Gasteiger partial charge is 0.493 e. The van der Waals surface area contributed by atoms with Crippen LogP contribution < -0.4 is 14.2 Å². The lowest BCUT2D eigenvalue weighted by molar-refractivity contribution is -0.121. The van der Waals surface area contributed by atoms with Gasteiger partial charge in [0.1, 0.15) is 6.07 Å².